The Bertz CT molecular complexity index is 311. The maximum Gasteiger partial charge on any atom is 0.471 e. The summed E-state index contributed by atoms with van der Waals surface area (Å²) in [6.07, 6.45) is 0.540. The monoisotopic (exact) mass is 174 g/mol. The van der Waals surface area contributed by atoms with Gasteiger partial charge in [0.15, 0.2) is 6.20 Å². The van der Waals surface area contributed by atoms with Crippen LogP contribution in [-0.4, -0.2) is 25.0 Å². The molecule has 0 saturated heterocycles. The smallest absolute Gasteiger partial charge is 0.395 e. The lowest BCUT2D eigenvalue weighted by Crippen LogP contribution is -1.95. The van der Waals surface area contributed by atoms with E-state index in [-0.39, 0.29) is 4.85 Å². The Morgan fingerprint density at radius 1 is 1.42 bits per heavy atom. The summed E-state index contributed by atoms with van der Waals surface area (Å²) in [6.45, 7) is 0. The van der Waals surface area contributed by atoms with E-state index in [9.17, 15) is 20.2 Å². The Morgan fingerprint density at radius 3 is 2.33 bits per heavy atom. The Morgan fingerprint density at radius 2 is 2.00 bits per heavy atom. The summed E-state index contributed by atoms with van der Waals surface area (Å²) in [5, 5.41) is 31.5. The van der Waals surface area contributed by atoms with Crippen molar-refractivity contribution in [1.82, 2.24) is 9.94 Å². The van der Waals surface area contributed by atoms with E-state index in [1.807, 2.05) is 0 Å². The van der Waals surface area contributed by atoms with E-state index in [0.717, 1.165) is 0 Å². The predicted octanol–water partition coefficient (Wildman–Crippen LogP) is -0.0632. The van der Waals surface area contributed by atoms with E-state index in [2.05, 4.69) is 5.10 Å². The predicted molar refractivity (Wildman–Crippen MR) is 32.7 cm³/mol. The minimum Gasteiger partial charge on any atom is -0.395 e. The summed E-state index contributed by atoms with van der Waals surface area (Å²) in [5.41, 5.74) is -0.845. The van der Waals surface area contributed by atoms with Gasteiger partial charge in [-0.25, -0.2) is 0 Å². The summed E-state index contributed by atoms with van der Waals surface area (Å²) < 4.78 is 0. The van der Waals surface area contributed by atoms with Gasteiger partial charge in [0.25, 0.3) is 0 Å². The lowest BCUT2D eigenvalue weighted by atomic mass is 10.5. The topological polar surface area (TPSA) is 124 Å². The van der Waals surface area contributed by atoms with Crippen molar-refractivity contribution in [1.29, 1.82) is 0 Å². The van der Waals surface area contributed by atoms with Gasteiger partial charge in [-0.2, -0.15) is 0 Å². The van der Waals surface area contributed by atoms with Crippen molar-refractivity contribution in [2.75, 3.05) is 0 Å². The molecule has 12 heavy (non-hydrogen) atoms. The van der Waals surface area contributed by atoms with Crippen LogP contribution < -0.4 is 0 Å². The number of aromatic nitrogens is 2. The minimum atomic E-state index is -1.05. The van der Waals surface area contributed by atoms with Gasteiger partial charge in [0.2, 0.25) is 0 Å². The van der Waals surface area contributed by atoms with E-state index >= 15 is 0 Å². The first-order chi connectivity index (χ1) is 5.52. The Hall–Kier alpha value is -2.19. The molecule has 64 valence electrons. The summed E-state index contributed by atoms with van der Waals surface area (Å²) in [6, 6.07) is 0. The molecule has 0 spiro atoms. The van der Waals surface area contributed by atoms with Crippen molar-refractivity contribution < 1.29 is 15.1 Å². The van der Waals surface area contributed by atoms with E-state index in [1.165, 1.54) is 0 Å². The number of nitrogens with zero attached hydrogens (tertiary/aromatic N) is 4. The second kappa shape index (κ2) is 2.45. The van der Waals surface area contributed by atoms with E-state index < -0.39 is 21.4 Å². The quantitative estimate of drug-likeness (QED) is 0.380. The van der Waals surface area contributed by atoms with Crippen LogP contribution >= 0.6 is 0 Å². The maximum atomic E-state index is 10.1. The van der Waals surface area contributed by atoms with Crippen molar-refractivity contribution >= 4 is 11.5 Å². The average Bonchev–Trinajstić information content (AvgIpc) is 2.31. The molecule has 0 radical (unpaired) electrons. The van der Waals surface area contributed by atoms with Crippen LogP contribution in [-0.2, 0) is 0 Å². The molecule has 0 saturated carbocycles. The van der Waals surface area contributed by atoms with Crippen molar-refractivity contribution in [2.45, 2.75) is 0 Å². The third-order valence-corrected chi connectivity index (χ3v) is 1.03. The van der Waals surface area contributed by atoms with Crippen LogP contribution in [0.4, 0.5) is 11.5 Å². The van der Waals surface area contributed by atoms with Crippen LogP contribution in [0.2, 0.25) is 0 Å². The fourth-order valence-corrected chi connectivity index (χ4v) is 0.603. The zero-order chi connectivity index (χ0) is 9.30. The van der Waals surface area contributed by atoms with Gasteiger partial charge in [-0.1, -0.05) is 0 Å². The summed E-state index contributed by atoms with van der Waals surface area (Å²) in [5.74, 6) is -0.984. The molecule has 1 heterocycles. The van der Waals surface area contributed by atoms with Crippen LogP contribution in [0, 0.1) is 20.2 Å². The lowest BCUT2D eigenvalue weighted by molar-refractivity contribution is -0.424. The van der Waals surface area contributed by atoms with Crippen molar-refractivity contribution in [3.05, 3.63) is 26.4 Å². The van der Waals surface area contributed by atoms with Crippen molar-refractivity contribution in [3.8, 4) is 0 Å². The Labute approximate surface area is 64.1 Å². The molecule has 1 aromatic heterocycles. The molecule has 0 aliphatic rings. The number of rotatable bonds is 2. The molecule has 0 amide bonds. The molecule has 9 heteroatoms. The van der Waals surface area contributed by atoms with Gasteiger partial charge in [0, 0.05) is 0 Å². The number of hydrogen-bond acceptors (Lipinski definition) is 6. The normalized spacial score (nSPS) is 9.67. The highest BCUT2D eigenvalue weighted by molar-refractivity contribution is 5.43. The molecule has 0 aromatic carbocycles. The van der Waals surface area contributed by atoms with Gasteiger partial charge in [-0.3, -0.25) is 10.1 Å². The second-order valence-electron chi connectivity index (χ2n) is 1.77. The first kappa shape index (κ1) is 7.91. The summed E-state index contributed by atoms with van der Waals surface area (Å²) in [7, 11) is 0. The zero-order valence-corrected chi connectivity index (χ0v) is 5.45. The summed E-state index contributed by atoms with van der Waals surface area (Å²) in [4.78, 5) is 18.1. The molecular formula is C3H2N4O5. The molecule has 1 rings (SSSR count). The SMILES string of the molecule is O=[N+]([O-])c1cn(O)nc1[N+](=O)[O-]. The van der Waals surface area contributed by atoms with E-state index in [0.29, 0.717) is 6.20 Å². The molecule has 0 atom stereocenters. The van der Waals surface area contributed by atoms with Gasteiger partial charge in [-0.05, 0) is 9.77 Å². The Balaban J connectivity index is 3.26. The fraction of sp³-hybridized carbons (Fsp3) is 0. The first-order valence-electron chi connectivity index (χ1n) is 2.60. The number of hydrogen-bond donors (Lipinski definition) is 1. The van der Waals surface area contributed by atoms with Gasteiger partial charge >= 0.3 is 11.5 Å². The largest absolute Gasteiger partial charge is 0.471 e. The highest BCUT2D eigenvalue weighted by atomic mass is 16.6. The van der Waals surface area contributed by atoms with Gasteiger partial charge < -0.3 is 15.3 Å². The number of nitro groups is 2. The van der Waals surface area contributed by atoms with Crippen LogP contribution in [0.1, 0.15) is 0 Å². The molecular weight excluding hydrogens is 172 g/mol. The highest BCUT2D eigenvalue weighted by Crippen LogP contribution is 2.22. The van der Waals surface area contributed by atoms with Crippen LogP contribution in [0.5, 0.6) is 0 Å². The van der Waals surface area contributed by atoms with Crippen molar-refractivity contribution in [3.63, 3.8) is 0 Å². The van der Waals surface area contributed by atoms with Gasteiger partial charge in [0.1, 0.15) is 5.10 Å². The summed E-state index contributed by atoms with van der Waals surface area (Å²) >= 11 is 0. The van der Waals surface area contributed by atoms with E-state index in [1.54, 1.807) is 0 Å². The highest BCUT2D eigenvalue weighted by Gasteiger charge is 2.30. The molecule has 0 unspecified atom stereocenters. The molecule has 0 aliphatic carbocycles. The standard InChI is InChI=1S/C3H2N4O5/c8-5-1-2(6(9)10)3(4-5)7(11)12/h1,8H. The maximum absolute atomic E-state index is 10.1. The fourth-order valence-electron chi connectivity index (χ4n) is 0.603. The second-order valence-corrected chi connectivity index (χ2v) is 1.77. The zero-order valence-electron chi connectivity index (χ0n) is 5.45. The van der Waals surface area contributed by atoms with Crippen LogP contribution in [0.3, 0.4) is 0 Å². The molecule has 1 N–H and O–H groups in total. The minimum absolute atomic E-state index is 0.0241. The lowest BCUT2D eigenvalue weighted by Gasteiger charge is -1.84. The first-order valence-corrected chi connectivity index (χ1v) is 2.60. The van der Waals surface area contributed by atoms with Gasteiger partial charge in [0.05, 0.1) is 4.92 Å². The third-order valence-electron chi connectivity index (χ3n) is 1.03. The average molecular weight is 174 g/mol. The third kappa shape index (κ3) is 1.14. The van der Waals surface area contributed by atoms with Crippen LogP contribution in [0.25, 0.3) is 0 Å². The molecule has 0 fully saturated rings. The molecule has 0 bridgehead atoms. The van der Waals surface area contributed by atoms with Crippen LogP contribution in [0.15, 0.2) is 6.20 Å². The van der Waals surface area contributed by atoms with E-state index in [4.69, 9.17) is 5.21 Å². The Kier molecular flexibility index (Phi) is 1.62. The molecule has 9 nitrogen and oxygen atoms in total. The molecule has 1 aromatic rings. The molecule has 0 aliphatic heterocycles. The van der Waals surface area contributed by atoms with Crippen molar-refractivity contribution in [2.24, 2.45) is 0 Å². The van der Waals surface area contributed by atoms with Gasteiger partial charge in [-0.15, -0.1) is 0 Å².